The SMILES string of the molecule is CCc1n[nH]c(CN2CCCN(C(=O)c3ccc(=O)n(C)c3)CC2)n1. The van der Waals surface area contributed by atoms with E-state index in [1.54, 1.807) is 19.3 Å². The van der Waals surface area contributed by atoms with Crippen molar-refractivity contribution < 1.29 is 4.79 Å². The van der Waals surface area contributed by atoms with Crippen LogP contribution < -0.4 is 5.56 Å². The second-order valence-corrected chi connectivity index (χ2v) is 6.34. The van der Waals surface area contributed by atoms with E-state index in [1.165, 1.54) is 10.6 Å². The molecule has 0 atom stereocenters. The molecule has 0 bridgehead atoms. The highest BCUT2D eigenvalue weighted by molar-refractivity contribution is 5.93. The third kappa shape index (κ3) is 4.14. The molecule has 1 amide bonds. The molecule has 1 N–H and O–H groups in total. The Morgan fingerprint density at radius 3 is 2.80 bits per heavy atom. The molecule has 0 spiro atoms. The number of carbonyl (C=O) groups is 1. The summed E-state index contributed by atoms with van der Waals surface area (Å²) in [4.78, 5) is 32.8. The van der Waals surface area contributed by atoms with E-state index in [-0.39, 0.29) is 11.5 Å². The molecule has 8 nitrogen and oxygen atoms in total. The molecule has 3 heterocycles. The number of amides is 1. The lowest BCUT2D eigenvalue weighted by Crippen LogP contribution is -2.35. The Balaban J connectivity index is 1.61. The molecular weight excluding hydrogens is 320 g/mol. The number of hydrogen-bond donors (Lipinski definition) is 1. The van der Waals surface area contributed by atoms with Gasteiger partial charge in [-0.25, -0.2) is 4.98 Å². The first-order valence-corrected chi connectivity index (χ1v) is 8.65. The maximum atomic E-state index is 12.7. The molecule has 0 aromatic carbocycles. The Bertz CT molecular complexity index is 796. The molecule has 2 aromatic rings. The maximum Gasteiger partial charge on any atom is 0.255 e. The first kappa shape index (κ1) is 17.3. The fourth-order valence-electron chi connectivity index (χ4n) is 3.01. The number of aryl methyl sites for hydroxylation is 2. The van der Waals surface area contributed by atoms with Crippen molar-refractivity contribution in [1.29, 1.82) is 0 Å². The molecule has 25 heavy (non-hydrogen) atoms. The van der Waals surface area contributed by atoms with Crippen LogP contribution in [0.15, 0.2) is 23.1 Å². The highest BCUT2D eigenvalue weighted by atomic mass is 16.2. The lowest BCUT2D eigenvalue weighted by Gasteiger charge is -2.21. The van der Waals surface area contributed by atoms with Gasteiger partial charge in [-0.3, -0.25) is 19.6 Å². The fourth-order valence-corrected chi connectivity index (χ4v) is 3.01. The number of aromatic amines is 1. The second kappa shape index (κ2) is 7.60. The minimum absolute atomic E-state index is 0.0228. The van der Waals surface area contributed by atoms with E-state index in [2.05, 4.69) is 20.1 Å². The summed E-state index contributed by atoms with van der Waals surface area (Å²) in [5.41, 5.74) is 0.440. The summed E-state index contributed by atoms with van der Waals surface area (Å²) in [6, 6.07) is 3.04. The van der Waals surface area contributed by atoms with Gasteiger partial charge in [-0.1, -0.05) is 6.92 Å². The third-order valence-electron chi connectivity index (χ3n) is 4.48. The Hall–Kier alpha value is -2.48. The summed E-state index contributed by atoms with van der Waals surface area (Å²) in [7, 11) is 1.66. The largest absolute Gasteiger partial charge is 0.337 e. The third-order valence-corrected chi connectivity index (χ3v) is 4.48. The van der Waals surface area contributed by atoms with Gasteiger partial charge in [0, 0.05) is 51.9 Å². The van der Waals surface area contributed by atoms with Gasteiger partial charge in [0.05, 0.1) is 12.1 Å². The summed E-state index contributed by atoms with van der Waals surface area (Å²) < 4.78 is 1.44. The van der Waals surface area contributed by atoms with Gasteiger partial charge in [-0.15, -0.1) is 0 Å². The Morgan fingerprint density at radius 2 is 2.08 bits per heavy atom. The van der Waals surface area contributed by atoms with Gasteiger partial charge in [0.1, 0.15) is 11.6 Å². The summed E-state index contributed by atoms with van der Waals surface area (Å²) >= 11 is 0. The lowest BCUT2D eigenvalue weighted by molar-refractivity contribution is 0.0760. The fraction of sp³-hybridized carbons (Fsp3) is 0.529. The smallest absolute Gasteiger partial charge is 0.255 e. The monoisotopic (exact) mass is 344 g/mol. The molecule has 134 valence electrons. The second-order valence-electron chi connectivity index (χ2n) is 6.34. The predicted molar refractivity (Wildman–Crippen MR) is 93.2 cm³/mol. The van der Waals surface area contributed by atoms with Gasteiger partial charge >= 0.3 is 0 Å². The van der Waals surface area contributed by atoms with E-state index >= 15 is 0 Å². The van der Waals surface area contributed by atoms with Gasteiger partial charge in [0.15, 0.2) is 0 Å². The van der Waals surface area contributed by atoms with Crippen LogP contribution in [0.1, 0.15) is 35.4 Å². The van der Waals surface area contributed by atoms with Crippen LogP contribution in [0.3, 0.4) is 0 Å². The van der Waals surface area contributed by atoms with Gasteiger partial charge < -0.3 is 9.47 Å². The molecule has 2 aromatic heterocycles. The summed E-state index contributed by atoms with van der Waals surface area (Å²) in [6.45, 7) is 5.83. The van der Waals surface area contributed by atoms with E-state index < -0.39 is 0 Å². The first-order chi connectivity index (χ1) is 12.1. The number of pyridine rings is 1. The van der Waals surface area contributed by atoms with Gasteiger partial charge in [-0.2, -0.15) is 5.10 Å². The van der Waals surface area contributed by atoms with E-state index in [4.69, 9.17) is 0 Å². The van der Waals surface area contributed by atoms with Gasteiger partial charge in [0.25, 0.3) is 5.91 Å². The number of carbonyl (C=O) groups excluding carboxylic acids is 1. The van der Waals surface area contributed by atoms with E-state index in [9.17, 15) is 9.59 Å². The van der Waals surface area contributed by atoms with Gasteiger partial charge in [-0.05, 0) is 12.5 Å². The molecule has 1 aliphatic heterocycles. The van der Waals surface area contributed by atoms with E-state index in [1.807, 2.05) is 11.8 Å². The van der Waals surface area contributed by atoms with Crippen LogP contribution in [0.4, 0.5) is 0 Å². The molecule has 3 rings (SSSR count). The number of aromatic nitrogens is 4. The van der Waals surface area contributed by atoms with Crippen molar-refractivity contribution in [3.05, 3.63) is 45.9 Å². The zero-order valence-electron chi connectivity index (χ0n) is 14.7. The average Bonchev–Trinajstić information content (AvgIpc) is 2.94. The van der Waals surface area contributed by atoms with Crippen LogP contribution in [0.5, 0.6) is 0 Å². The first-order valence-electron chi connectivity index (χ1n) is 8.65. The minimum Gasteiger partial charge on any atom is -0.337 e. The highest BCUT2D eigenvalue weighted by Gasteiger charge is 2.21. The van der Waals surface area contributed by atoms with Crippen LogP contribution in [0.2, 0.25) is 0 Å². The molecule has 1 fully saturated rings. The van der Waals surface area contributed by atoms with Gasteiger partial charge in [0.2, 0.25) is 5.56 Å². The highest BCUT2D eigenvalue weighted by Crippen LogP contribution is 2.10. The van der Waals surface area contributed by atoms with Crippen molar-refractivity contribution >= 4 is 5.91 Å². The van der Waals surface area contributed by atoms with Crippen LogP contribution in [-0.4, -0.2) is 61.6 Å². The van der Waals surface area contributed by atoms with Crippen molar-refractivity contribution in [3.8, 4) is 0 Å². The molecular formula is C17H24N6O2. The molecule has 8 heteroatoms. The lowest BCUT2D eigenvalue weighted by atomic mass is 10.2. The van der Waals surface area contributed by atoms with Crippen molar-refractivity contribution in [2.75, 3.05) is 26.2 Å². The summed E-state index contributed by atoms with van der Waals surface area (Å²) in [5.74, 6) is 1.68. The van der Waals surface area contributed by atoms with Crippen molar-refractivity contribution in [2.24, 2.45) is 7.05 Å². The Labute approximate surface area is 146 Å². The normalized spacial score (nSPS) is 16.0. The minimum atomic E-state index is -0.114. The summed E-state index contributed by atoms with van der Waals surface area (Å²) in [5, 5.41) is 7.15. The molecule has 0 saturated carbocycles. The predicted octanol–water partition coefficient (Wildman–Crippen LogP) is 0.414. The zero-order chi connectivity index (χ0) is 17.8. The topological polar surface area (TPSA) is 87.1 Å². The Morgan fingerprint density at radius 1 is 1.24 bits per heavy atom. The quantitative estimate of drug-likeness (QED) is 0.868. The van der Waals surface area contributed by atoms with E-state index in [0.717, 1.165) is 50.7 Å². The number of rotatable bonds is 4. The molecule has 0 radical (unpaired) electrons. The van der Waals surface area contributed by atoms with Crippen molar-refractivity contribution in [2.45, 2.75) is 26.3 Å². The molecule has 0 unspecified atom stereocenters. The standard InChI is InChI=1S/C17H24N6O2/c1-3-14-18-15(20-19-14)12-22-7-4-8-23(10-9-22)17(25)13-5-6-16(24)21(2)11-13/h5-6,11H,3-4,7-10,12H2,1-2H3,(H,18,19,20). The number of nitrogens with one attached hydrogen (secondary N) is 1. The Kier molecular flexibility index (Phi) is 5.28. The molecule has 1 aliphatic rings. The van der Waals surface area contributed by atoms with Crippen LogP contribution >= 0.6 is 0 Å². The molecule has 1 saturated heterocycles. The summed E-state index contributed by atoms with van der Waals surface area (Å²) in [6.07, 6.45) is 3.33. The maximum absolute atomic E-state index is 12.7. The zero-order valence-corrected chi connectivity index (χ0v) is 14.7. The van der Waals surface area contributed by atoms with Crippen molar-refractivity contribution in [1.82, 2.24) is 29.5 Å². The number of H-pyrrole nitrogens is 1. The number of hydrogen-bond acceptors (Lipinski definition) is 5. The van der Waals surface area contributed by atoms with Crippen LogP contribution in [0, 0.1) is 0 Å². The van der Waals surface area contributed by atoms with Crippen molar-refractivity contribution in [3.63, 3.8) is 0 Å². The number of nitrogens with zero attached hydrogens (tertiary/aromatic N) is 5. The van der Waals surface area contributed by atoms with Crippen LogP contribution in [0.25, 0.3) is 0 Å². The average molecular weight is 344 g/mol. The molecule has 0 aliphatic carbocycles. The van der Waals surface area contributed by atoms with Crippen LogP contribution in [-0.2, 0) is 20.0 Å². The van der Waals surface area contributed by atoms with E-state index in [0.29, 0.717) is 12.1 Å².